The summed E-state index contributed by atoms with van der Waals surface area (Å²) in [5.74, 6) is -4.04. The molecule has 0 saturated carbocycles. The SMILES string of the molecule is O=S(=O)([O-])c1cc2cc(Nc3ccccc3)ccc2c([O-])c1N=Nc1ccc(-c2ccc(N=Nc3c(S(=O)(=O)[O-])cc4cccc(S(=O)(=O)[O-])c4c3[O-])c([O-])c2)cc1[O-].[Cu+2].[Cu+2].[Na+].[Na+].[Na+]. The molecule has 0 spiro atoms. The third-order valence-corrected chi connectivity index (χ3v) is 11.3. The normalized spacial score (nSPS) is 11.5. The number of nitrogens with zero attached hydrogens (tertiary/aromatic N) is 4. The Labute approximate surface area is 452 Å². The van der Waals surface area contributed by atoms with Gasteiger partial charge in [0.05, 0.1) is 37.4 Å². The molecule has 7 aromatic rings. The standard InChI is InChI=1S/C38H27N5O13S3.2Cu.3Na/c44-29-16-20(9-13-27(29)40-42-35-33(59(54,55)56)19-23-15-25(11-12-26(23)37(35)46)39-24-6-2-1-3-7-24)21-10-14-28(30(45)17-21)41-43-36-32(58(51,52)53)18-22-5-4-8-31(57(48,49)50)34(22)38(36)47;;;;;/h1-19,39,44-47H,(H,48,49,50)(H,51,52,53)(H,54,55,56);;;;;/q;2*+2;3*+1/p-7. The van der Waals surface area contributed by atoms with Crippen LogP contribution < -0.4 is 114 Å². The molecular formula is C38H20Cu2N5Na3O13S3. The quantitative estimate of drug-likeness (QED) is 0.0782. The maximum Gasteiger partial charge on any atom is 2.00 e. The van der Waals surface area contributed by atoms with Gasteiger partial charge >= 0.3 is 123 Å². The van der Waals surface area contributed by atoms with Gasteiger partial charge in [-0.15, -0.1) is 10.2 Å². The molecule has 0 aliphatic heterocycles. The number of para-hydroxylation sites is 1. The smallest absolute Gasteiger partial charge is 0.871 e. The molecule has 0 aromatic heterocycles. The van der Waals surface area contributed by atoms with Crippen LogP contribution >= 0.6 is 0 Å². The van der Waals surface area contributed by atoms with Crippen LogP contribution in [-0.4, -0.2) is 38.9 Å². The Morgan fingerprint density at radius 3 is 1.41 bits per heavy atom. The molecule has 0 heterocycles. The fourth-order valence-corrected chi connectivity index (χ4v) is 7.98. The zero-order valence-corrected chi connectivity index (χ0v) is 43.2. The molecule has 0 unspecified atom stereocenters. The Morgan fingerprint density at radius 2 is 0.922 bits per heavy atom. The van der Waals surface area contributed by atoms with E-state index in [9.17, 15) is 59.3 Å². The minimum Gasteiger partial charge on any atom is -0.871 e. The molecule has 64 heavy (non-hydrogen) atoms. The van der Waals surface area contributed by atoms with Crippen molar-refractivity contribution in [3.05, 3.63) is 115 Å². The van der Waals surface area contributed by atoms with Crippen LogP contribution in [0.25, 0.3) is 32.7 Å². The van der Waals surface area contributed by atoms with Crippen LogP contribution in [0.1, 0.15) is 0 Å². The van der Waals surface area contributed by atoms with Gasteiger partial charge in [-0.3, -0.25) is 0 Å². The summed E-state index contributed by atoms with van der Waals surface area (Å²) < 4.78 is 108. The van der Waals surface area contributed by atoms with Crippen molar-refractivity contribution in [1.82, 2.24) is 0 Å². The summed E-state index contributed by atoms with van der Waals surface area (Å²) >= 11 is 0. The average molecular weight is 1050 g/mol. The molecule has 318 valence electrons. The number of benzene rings is 7. The number of fused-ring (bicyclic) bond motifs is 2. The Balaban J connectivity index is 0.00000282. The van der Waals surface area contributed by atoms with Crippen LogP contribution in [0.15, 0.2) is 150 Å². The number of anilines is 2. The van der Waals surface area contributed by atoms with Gasteiger partial charge in [-0.1, -0.05) is 83.7 Å². The summed E-state index contributed by atoms with van der Waals surface area (Å²) in [5, 5.41) is 69.4. The second-order valence-electron chi connectivity index (χ2n) is 12.5. The Hall–Kier alpha value is -2.97. The van der Waals surface area contributed by atoms with Gasteiger partial charge in [0.2, 0.25) is 0 Å². The minimum atomic E-state index is -5.42. The maximum atomic E-state index is 13.4. The van der Waals surface area contributed by atoms with E-state index in [4.69, 9.17) is 0 Å². The first-order valence-corrected chi connectivity index (χ1v) is 20.7. The number of hydrogen-bond donors (Lipinski definition) is 1. The molecule has 0 bridgehead atoms. The monoisotopic (exact) mass is 1040 g/mol. The van der Waals surface area contributed by atoms with Crippen LogP contribution in [0.5, 0.6) is 23.0 Å². The van der Waals surface area contributed by atoms with E-state index < -0.39 is 90.5 Å². The van der Waals surface area contributed by atoms with Crippen molar-refractivity contribution < 1.29 is 182 Å². The third-order valence-electron chi connectivity index (χ3n) is 8.69. The second-order valence-corrected chi connectivity index (χ2v) is 16.6. The number of nitrogens with one attached hydrogen (secondary N) is 1. The first-order valence-electron chi connectivity index (χ1n) is 16.5. The van der Waals surface area contributed by atoms with Crippen molar-refractivity contribution in [1.29, 1.82) is 0 Å². The van der Waals surface area contributed by atoms with Gasteiger partial charge in [0.15, 0.2) is 0 Å². The first-order chi connectivity index (χ1) is 27.8. The average Bonchev–Trinajstić information content (AvgIpc) is 3.17. The van der Waals surface area contributed by atoms with Crippen molar-refractivity contribution in [3.63, 3.8) is 0 Å². The molecule has 18 nitrogen and oxygen atoms in total. The number of rotatable bonds is 10. The molecule has 7 rings (SSSR count). The van der Waals surface area contributed by atoms with Gasteiger partial charge in [-0.05, 0) is 87.3 Å². The van der Waals surface area contributed by atoms with Crippen molar-refractivity contribution in [2.45, 2.75) is 14.7 Å². The van der Waals surface area contributed by atoms with E-state index in [1.54, 1.807) is 30.3 Å². The van der Waals surface area contributed by atoms with Gasteiger partial charge in [0, 0.05) is 11.4 Å². The Kier molecular flexibility index (Phi) is 20.3. The molecular weight excluding hydrogens is 1030 g/mol. The first kappa shape index (κ1) is 57.2. The molecule has 1 N–H and O–H groups in total. The predicted molar refractivity (Wildman–Crippen MR) is 200 cm³/mol. The van der Waals surface area contributed by atoms with Crippen LogP contribution in [-0.2, 0) is 64.5 Å². The molecule has 0 saturated heterocycles. The summed E-state index contributed by atoms with van der Waals surface area (Å²) in [6, 6.07) is 24.8. The van der Waals surface area contributed by atoms with Crippen LogP contribution in [0.4, 0.5) is 34.1 Å². The third kappa shape index (κ3) is 12.5. The summed E-state index contributed by atoms with van der Waals surface area (Å²) in [6.07, 6.45) is 0. The molecule has 26 heteroatoms. The van der Waals surface area contributed by atoms with Gasteiger partial charge < -0.3 is 39.4 Å². The summed E-state index contributed by atoms with van der Waals surface area (Å²) in [6.45, 7) is 0. The van der Waals surface area contributed by atoms with E-state index in [0.29, 0.717) is 17.4 Å². The van der Waals surface area contributed by atoms with E-state index in [-0.39, 0.29) is 156 Å². The van der Waals surface area contributed by atoms with Gasteiger partial charge in [-0.25, -0.2) is 25.3 Å². The fraction of sp³-hybridized carbons (Fsp3) is 0. The topological polar surface area (TPSA) is 325 Å². The van der Waals surface area contributed by atoms with E-state index in [0.717, 1.165) is 48.5 Å². The largest absolute Gasteiger partial charge is 2.00 e. The number of hydrogen-bond acceptors (Lipinski definition) is 18. The van der Waals surface area contributed by atoms with Gasteiger partial charge in [0.1, 0.15) is 30.4 Å². The maximum absolute atomic E-state index is 13.4. The predicted octanol–water partition coefficient (Wildman–Crippen LogP) is -3.75. The molecule has 0 amide bonds. The molecule has 0 aliphatic rings. The minimum absolute atomic E-state index is 0. The van der Waals surface area contributed by atoms with Crippen LogP contribution in [0.2, 0.25) is 0 Å². The van der Waals surface area contributed by atoms with Crippen molar-refractivity contribution in [2.24, 2.45) is 20.5 Å². The zero-order chi connectivity index (χ0) is 42.4. The van der Waals surface area contributed by atoms with Crippen LogP contribution in [0.3, 0.4) is 0 Å². The van der Waals surface area contributed by atoms with Gasteiger partial charge in [0.25, 0.3) is 0 Å². The molecule has 0 fully saturated rings. The van der Waals surface area contributed by atoms with E-state index in [1.807, 2.05) is 6.07 Å². The molecule has 2 radical (unpaired) electrons. The fourth-order valence-electron chi connectivity index (χ4n) is 5.99. The van der Waals surface area contributed by atoms with E-state index >= 15 is 0 Å². The van der Waals surface area contributed by atoms with E-state index in [2.05, 4.69) is 25.8 Å². The molecule has 7 aromatic carbocycles. The van der Waals surface area contributed by atoms with Crippen molar-refractivity contribution in [2.75, 3.05) is 5.32 Å². The molecule has 0 aliphatic carbocycles. The Bertz CT molecular complexity index is 3300. The summed E-state index contributed by atoms with van der Waals surface area (Å²) in [5.41, 5.74) is -1.34. The van der Waals surface area contributed by atoms with Crippen molar-refractivity contribution >= 4 is 86.0 Å². The summed E-state index contributed by atoms with van der Waals surface area (Å²) in [4.78, 5) is -3.15. The zero-order valence-electron chi connectivity index (χ0n) is 32.9. The molecule has 0 atom stereocenters. The van der Waals surface area contributed by atoms with Crippen molar-refractivity contribution in [3.8, 4) is 34.1 Å². The second kappa shape index (κ2) is 22.7. The Morgan fingerprint density at radius 1 is 0.438 bits per heavy atom. The number of azo groups is 2. The van der Waals surface area contributed by atoms with E-state index in [1.165, 1.54) is 24.3 Å². The van der Waals surface area contributed by atoms with Gasteiger partial charge in [-0.2, -0.15) is 10.2 Å². The summed E-state index contributed by atoms with van der Waals surface area (Å²) in [7, 11) is -15.9. The van der Waals surface area contributed by atoms with Crippen LogP contribution in [0, 0.1) is 0 Å².